The maximum absolute atomic E-state index is 13.4. The van der Waals surface area contributed by atoms with E-state index in [2.05, 4.69) is 5.32 Å². The van der Waals surface area contributed by atoms with Gasteiger partial charge in [-0.1, -0.05) is 6.07 Å². The molecule has 136 valence electrons. The van der Waals surface area contributed by atoms with Gasteiger partial charge in [-0.25, -0.2) is 13.6 Å². The Morgan fingerprint density at radius 3 is 2.76 bits per heavy atom. The average Bonchev–Trinajstić information content (AvgIpc) is 3.18. The molecule has 6 nitrogen and oxygen atoms in total. The standard InChI is InChI=1S/C17H20F2N2O4/c1-17(15(22)23)5-6-21(9-17)16(24)20-13-4-7-25-14(13)10-2-3-11(18)12(19)8-10/h2-3,8,13-14H,4-7,9H2,1H3,(H,20,24)(H,22,23). The minimum atomic E-state index is -0.963. The van der Waals surface area contributed by atoms with Gasteiger partial charge in [0.25, 0.3) is 0 Å². The molecule has 25 heavy (non-hydrogen) atoms. The fourth-order valence-corrected chi connectivity index (χ4v) is 3.31. The summed E-state index contributed by atoms with van der Waals surface area (Å²) in [6.45, 7) is 2.50. The number of likely N-dealkylation sites (tertiary alicyclic amines) is 1. The molecule has 2 N–H and O–H groups in total. The second-order valence-corrected chi connectivity index (χ2v) is 6.85. The minimum absolute atomic E-state index is 0.136. The lowest BCUT2D eigenvalue weighted by atomic mass is 9.90. The second-order valence-electron chi connectivity index (χ2n) is 6.85. The van der Waals surface area contributed by atoms with Crippen molar-refractivity contribution in [1.82, 2.24) is 10.2 Å². The largest absolute Gasteiger partial charge is 0.481 e. The van der Waals surface area contributed by atoms with Crippen molar-refractivity contribution >= 4 is 12.0 Å². The summed E-state index contributed by atoms with van der Waals surface area (Å²) in [5, 5.41) is 12.1. The van der Waals surface area contributed by atoms with Crippen LogP contribution in [-0.4, -0.2) is 47.7 Å². The molecule has 0 radical (unpaired) electrons. The zero-order chi connectivity index (χ0) is 18.2. The van der Waals surface area contributed by atoms with Crippen molar-refractivity contribution in [1.29, 1.82) is 0 Å². The molecule has 2 aliphatic heterocycles. The van der Waals surface area contributed by atoms with Crippen LogP contribution in [-0.2, 0) is 9.53 Å². The van der Waals surface area contributed by atoms with Crippen molar-refractivity contribution in [3.8, 4) is 0 Å². The molecule has 3 atom stereocenters. The van der Waals surface area contributed by atoms with Crippen LogP contribution in [0.1, 0.15) is 31.4 Å². The number of nitrogens with zero attached hydrogens (tertiary/aromatic N) is 1. The first kappa shape index (κ1) is 17.6. The number of hydrogen-bond acceptors (Lipinski definition) is 3. The Morgan fingerprint density at radius 2 is 2.12 bits per heavy atom. The number of nitrogens with one attached hydrogen (secondary N) is 1. The molecule has 1 aromatic carbocycles. The smallest absolute Gasteiger partial charge is 0.317 e. The lowest BCUT2D eigenvalue weighted by Crippen LogP contribution is -2.46. The van der Waals surface area contributed by atoms with E-state index in [-0.39, 0.29) is 18.6 Å². The SMILES string of the molecule is CC1(C(=O)O)CCN(C(=O)NC2CCOC2c2ccc(F)c(F)c2)C1. The normalized spacial score (nSPS) is 29.0. The third kappa shape index (κ3) is 3.44. The van der Waals surface area contributed by atoms with Crippen LogP contribution in [0.3, 0.4) is 0 Å². The lowest BCUT2D eigenvalue weighted by molar-refractivity contribution is -0.147. The van der Waals surface area contributed by atoms with E-state index in [0.717, 1.165) is 12.1 Å². The highest BCUT2D eigenvalue weighted by molar-refractivity contribution is 5.79. The van der Waals surface area contributed by atoms with Crippen LogP contribution in [0.4, 0.5) is 13.6 Å². The molecule has 2 heterocycles. The minimum Gasteiger partial charge on any atom is -0.481 e. The molecule has 0 spiro atoms. The van der Waals surface area contributed by atoms with Gasteiger partial charge in [0, 0.05) is 19.7 Å². The first-order valence-electron chi connectivity index (χ1n) is 8.15. The van der Waals surface area contributed by atoms with Gasteiger partial charge in [0.1, 0.15) is 6.10 Å². The molecule has 0 aromatic heterocycles. The lowest BCUT2D eigenvalue weighted by Gasteiger charge is -2.25. The number of ether oxygens (including phenoxy) is 1. The van der Waals surface area contributed by atoms with Crippen molar-refractivity contribution in [3.05, 3.63) is 35.4 Å². The monoisotopic (exact) mass is 354 g/mol. The number of benzene rings is 1. The summed E-state index contributed by atoms with van der Waals surface area (Å²) in [7, 11) is 0. The molecule has 2 aliphatic rings. The molecular weight excluding hydrogens is 334 g/mol. The van der Waals surface area contributed by atoms with Crippen LogP contribution in [0.15, 0.2) is 18.2 Å². The zero-order valence-corrected chi connectivity index (χ0v) is 13.8. The molecular formula is C17H20F2N2O4. The number of carbonyl (C=O) groups excluding carboxylic acids is 1. The van der Waals surface area contributed by atoms with Crippen molar-refractivity contribution < 1.29 is 28.2 Å². The number of carbonyl (C=O) groups is 2. The number of hydrogen-bond donors (Lipinski definition) is 2. The molecule has 2 fully saturated rings. The van der Waals surface area contributed by atoms with E-state index in [1.54, 1.807) is 6.92 Å². The average molecular weight is 354 g/mol. The number of carboxylic acid groups (broad SMARTS) is 1. The van der Waals surface area contributed by atoms with Crippen LogP contribution in [0.2, 0.25) is 0 Å². The topological polar surface area (TPSA) is 78.9 Å². The molecule has 3 unspecified atom stereocenters. The fourth-order valence-electron chi connectivity index (χ4n) is 3.31. The Balaban J connectivity index is 1.66. The van der Waals surface area contributed by atoms with Crippen LogP contribution < -0.4 is 5.32 Å². The fraction of sp³-hybridized carbons (Fsp3) is 0.529. The van der Waals surface area contributed by atoms with E-state index >= 15 is 0 Å². The van der Waals surface area contributed by atoms with Crippen molar-refractivity contribution in [2.24, 2.45) is 5.41 Å². The Kier molecular flexibility index (Phi) is 4.64. The van der Waals surface area contributed by atoms with Gasteiger partial charge < -0.3 is 20.1 Å². The number of aliphatic carboxylic acids is 1. The van der Waals surface area contributed by atoms with Crippen molar-refractivity contribution in [2.45, 2.75) is 31.9 Å². The van der Waals surface area contributed by atoms with Crippen LogP contribution >= 0.6 is 0 Å². The highest BCUT2D eigenvalue weighted by atomic mass is 19.2. The molecule has 2 saturated heterocycles. The van der Waals surface area contributed by atoms with Gasteiger partial charge >= 0.3 is 12.0 Å². The Bertz CT molecular complexity index is 699. The molecule has 0 aliphatic carbocycles. The summed E-state index contributed by atoms with van der Waals surface area (Å²) >= 11 is 0. The maximum Gasteiger partial charge on any atom is 0.317 e. The van der Waals surface area contributed by atoms with Crippen molar-refractivity contribution in [2.75, 3.05) is 19.7 Å². The molecule has 0 saturated carbocycles. The molecule has 0 bridgehead atoms. The Morgan fingerprint density at radius 1 is 1.36 bits per heavy atom. The van der Waals surface area contributed by atoms with E-state index in [1.807, 2.05) is 0 Å². The van der Waals surface area contributed by atoms with E-state index in [9.17, 15) is 23.5 Å². The molecule has 1 aromatic rings. The number of amides is 2. The summed E-state index contributed by atoms with van der Waals surface area (Å²) in [5.41, 5.74) is -0.485. The summed E-state index contributed by atoms with van der Waals surface area (Å²) in [6.07, 6.45) is 0.371. The van der Waals surface area contributed by atoms with Crippen LogP contribution in [0, 0.1) is 17.0 Å². The van der Waals surface area contributed by atoms with E-state index in [0.29, 0.717) is 31.6 Å². The van der Waals surface area contributed by atoms with Gasteiger partial charge in [-0.3, -0.25) is 4.79 Å². The van der Waals surface area contributed by atoms with Crippen molar-refractivity contribution in [3.63, 3.8) is 0 Å². The van der Waals surface area contributed by atoms with Gasteiger partial charge in [0.2, 0.25) is 0 Å². The third-order valence-electron chi connectivity index (χ3n) is 4.95. The van der Waals surface area contributed by atoms with E-state index < -0.39 is 29.1 Å². The van der Waals surface area contributed by atoms with Gasteiger partial charge in [0.05, 0.1) is 11.5 Å². The summed E-state index contributed by atoms with van der Waals surface area (Å²) in [6, 6.07) is 2.79. The third-order valence-corrected chi connectivity index (χ3v) is 4.95. The number of halogens is 2. The number of carboxylic acids is 1. The zero-order valence-electron chi connectivity index (χ0n) is 13.8. The Labute approximate surface area is 143 Å². The first-order valence-corrected chi connectivity index (χ1v) is 8.15. The number of rotatable bonds is 3. The number of urea groups is 1. The summed E-state index contributed by atoms with van der Waals surface area (Å²) in [5.74, 6) is -2.83. The van der Waals surface area contributed by atoms with Gasteiger partial charge in [-0.05, 0) is 37.5 Å². The van der Waals surface area contributed by atoms with Gasteiger partial charge in [0.15, 0.2) is 11.6 Å². The molecule has 2 amide bonds. The predicted molar refractivity (Wildman–Crippen MR) is 83.9 cm³/mol. The first-order chi connectivity index (χ1) is 11.8. The summed E-state index contributed by atoms with van der Waals surface area (Å²) in [4.78, 5) is 25.2. The van der Waals surface area contributed by atoms with Gasteiger partial charge in [-0.15, -0.1) is 0 Å². The van der Waals surface area contributed by atoms with Crippen LogP contribution in [0.5, 0.6) is 0 Å². The predicted octanol–water partition coefficient (Wildman–Crippen LogP) is 2.30. The quantitative estimate of drug-likeness (QED) is 0.873. The highest BCUT2D eigenvalue weighted by Gasteiger charge is 2.43. The second kappa shape index (κ2) is 6.59. The maximum atomic E-state index is 13.4. The molecule has 8 heteroatoms. The van der Waals surface area contributed by atoms with E-state index in [4.69, 9.17) is 4.74 Å². The Hall–Kier alpha value is -2.22. The van der Waals surface area contributed by atoms with E-state index in [1.165, 1.54) is 11.0 Å². The molecule has 3 rings (SSSR count). The summed E-state index contributed by atoms with van der Waals surface area (Å²) < 4.78 is 32.1. The highest BCUT2D eigenvalue weighted by Crippen LogP contribution is 2.32. The van der Waals surface area contributed by atoms with Gasteiger partial charge in [-0.2, -0.15) is 0 Å². The van der Waals surface area contributed by atoms with Crippen LogP contribution in [0.25, 0.3) is 0 Å².